The number of benzene rings is 2. The second-order valence-corrected chi connectivity index (χ2v) is 6.32. The predicted octanol–water partition coefficient (Wildman–Crippen LogP) is 3.37. The first-order valence-corrected chi connectivity index (χ1v) is 8.49. The van der Waals surface area contributed by atoms with E-state index in [1.54, 1.807) is 0 Å². The number of hydrogen-bond donors (Lipinski definition) is 1. The Balaban J connectivity index is 1.73. The fourth-order valence-corrected chi connectivity index (χ4v) is 3.21. The Kier molecular flexibility index (Phi) is 5.16. The number of amides is 1. The van der Waals surface area contributed by atoms with E-state index in [4.69, 9.17) is 10.5 Å². The highest BCUT2D eigenvalue weighted by atomic mass is 16.5. The third-order valence-electron chi connectivity index (χ3n) is 4.63. The van der Waals surface area contributed by atoms with Crippen molar-refractivity contribution < 1.29 is 9.53 Å². The van der Waals surface area contributed by atoms with E-state index < -0.39 is 5.91 Å². The number of ether oxygens (including phenoxy) is 1. The van der Waals surface area contributed by atoms with Crippen molar-refractivity contribution in [3.05, 3.63) is 54.1 Å². The van der Waals surface area contributed by atoms with Crippen LogP contribution in [0.15, 0.2) is 48.5 Å². The van der Waals surface area contributed by atoms with Gasteiger partial charge >= 0.3 is 0 Å². The molecule has 1 aliphatic heterocycles. The van der Waals surface area contributed by atoms with Gasteiger partial charge in [-0.25, -0.2) is 0 Å². The van der Waals surface area contributed by atoms with Gasteiger partial charge in [-0.3, -0.25) is 9.69 Å². The molecule has 24 heavy (non-hydrogen) atoms. The van der Waals surface area contributed by atoms with Crippen LogP contribution in [0.25, 0.3) is 11.1 Å². The molecule has 1 fully saturated rings. The molecule has 0 radical (unpaired) electrons. The molecule has 0 bridgehead atoms. The lowest BCUT2D eigenvalue weighted by Crippen LogP contribution is -2.23. The van der Waals surface area contributed by atoms with Crippen LogP contribution in [0.1, 0.15) is 31.4 Å². The summed E-state index contributed by atoms with van der Waals surface area (Å²) in [6.45, 7) is 4.57. The van der Waals surface area contributed by atoms with Gasteiger partial charge in [-0.05, 0) is 61.7 Å². The normalized spacial score (nSPS) is 16.0. The fourth-order valence-electron chi connectivity index (χ4n) is 3.21. The third kappa shape index (κ3) is 3.95. The van der Waals surface area contributed by atoms with Crippen molar-refractivity contribution in [3.63, 3.8) is 0 Å². The van der Waals surface area contributed by atoms with Crippen LogP contribution >= 0.6 is 0 Å². The van der Waals surface area contributed by atoms with Crippen molar-refractivity contribution in [2.24, 2.45) is 5.73 Å². The third-order valence-corrected chi connectivity index (χ3v) is 4.63. The van der Waals surface area contributed by atoms with E-state index in [9.17, 15) is 4.79 Å². The predicted molar refractivity (Wildman–Crippen MR) is 95.8 cm³/mol. The zero-order valence-corrected chi connectivity index (χ0v) is 14.1. The lowest BCUT2D eigenvalue weighted by atomic mass is 10.0. The van der Waals surface area contributed by atoms with E-state index in [1.165, 1.54) is 31.5 Å². The summed E-state index contributed by atoms with van der Waals surface area (Å²) < 4.78 is 5.38. The van der Waals surface area contributed by atoms with Gasteiger partial charge in [-0.2, -0.15) is 0 Å². The SMILES string of the molecule is C[C@H](c1ccc(-c2cccc(OCC(N)=O)c2)cc1)N1CCCC1. The van der Waals surface area contributed by atoms with Gasteiger partial charge < -0.3 is 10.5 Å². The van der Waals surface area contributed by atoms with Crippen molar-refractivity contribution in [1.29, 1.82) is 0 Å². The molecule has 126 valence electrons. The maximum absolute atomic E-state index is 10.8. The molecule has 4 heteroatoms. The van der Waals surface area contributed by atoms with E-state index in [1.807, 2.05) is 24.3 Å². The molecule has 2 N–H and O–H groups in total. The van der Waals surface area contributed by atoms with E-state index in [2.05, 4.69) is 36.1 Å². The van der Waals surface area contributed by atoms with Crippen molar-refractivity contribution in [3.8, 4) is 16.9 Å². The quantitative estimate of drug-likeness (QED) is 0.886. The molecule has 1 heterocycles. The lowest BCUT2D eigenvalue weighted by Gasteiger charge is -2.24. The minimum Gasteiger partial charge on any atom is -0.484 e. The molecule has 1 atom stereocenters. The van der Waals surface area contributed by atoms with Crippen molar-refractivity contribution in [2.45, 2.75) is 25.8 Å². The molecule has 0 aromatic heterocycles. The Hall–Kier alpha value is -2.33. The lowest BCUT2D eigenvalue weighted by molar-refractivity contribution is -0.119. The van der Waals surface area contributed by atoms with E-state index >= 15 is 0 Å². The molecular weight excluding hydrogens is 300 g/mol. The molecule has 2 aromatic carbocycles. The summed E-state index contributed by atoms with van der Waals surface area (Å²) in [5.41, 5.74) is 8.67. The molecule has 0 spiro atoms. The molecule has 0 saturated carbocycles. The Morgan fingerprint density at radius 1 is 1.12 bits per heavy atom. The number of primary amides is 1. The first kappa shape index (κ1) is 16.5. The molecule has 0 aliphatic carbocycles. The molecule has 1 amide bonds. The standard InChI is InChI=1S/C20H24N2O2/c1-15(22-11-2-3-12-22)16-7-9-17(10-8-16)18-5-4-6-19(13-18)24-14-20(21)23/h4-10,13,15H,2-3,11-12,14H2,1H3,(H2,21,23)/t15-/m1/s1. The Bertz CT molecular complexity index is 691. The van der Waals surface area contributed by atoms with Gasteiger partial charge in [-0.15, -0.1) is 0 Å². The summed E-state index contributed by atoms with van der Waals surface area (Å²) in [6, 6.07) is 16.9. The summed E-state index contributed by atoms with van der Waals surface area (Å²) in [7, 11) is 0. The minimum atomic E-state index is -0.472. The van der Waals surface area contributed by atoms with Crippen LogP contribution < -0.4 is 10.5 Å². The van der Waals surface area contributed by atoms with Crippen LogP contribution in [0.5, 0.6) is 5.75 Å². The second-order valence-electron chi connectivity index (χ2n) is 6.32. The largest absolute Gasteiger partial charge is 0.484 e. The van der Waals surface area contributed by atoms with E-state index in [0.29, 0.717) is 11.8 Å². The average Bonchev–Trinajstić information content (AvgIpc) is 3.14. The van der Waals surface area contributed by atoms with Crippen LogP contribution in [0.4, 0.5) is 0 Å². The van der Waals surface area contributed by atoms with Gasteiger partial charge in [0.2, 0.25) is 0 Å². The Morgan fingerprint density at radius 3 is 2.50 bits per heavy atom. The highest BCUT2D eigenvalue weighted by molar-refractivity contribution is 5.75. The minimum absolute atomic E-state index is 0.101. The number of hydrogen-bond acceptors (Lipinski definition) is 3. The van der Waals surface area contributed by atoms with Crippen molar-refractivity contribution >= 4 is 5.91 Å². The number of nitrogens with zero attached hydrogens (tertiary/aromatic N) is 1. The van der Waals surface area contributed by atoms with Crippen LogP contribution in [0, 0.1) is 0 Å². The zero-order chi connectivity index (χ0) is 16.9. The second kappa shape index (κ2) is 7.49. The molecular formula is C20H24N2O2. The monoisotopic (exact) mass is 324 g/mol. The van der Waals surface area contributed by atoms with Crippen LogP contribution in [-0.4, -0.2) is 30.5 Å². The van der Waals surface area contributed by atoms with Crippen molar-refractivity contribution in [1.82, 2.24) is 4.90 Å². The number of nitrogens with two attached hydrogens (primary N) is 1. The molecule has 0 unspecified atom stereocenters. The maximum atomic E-state index is 10.8. The first-order chi connectivity index (χ1) is 11.6. The maximum Gasteiger partial charge on any atom is 0.255 e. The molecule has 1 aliphatic rings. The van der Waals surface area contributed by atoms with Gasteiger partial charge in [0.1, 0.15) is 5.75 Å². The van der Waals surface area contributed by atoms with E-state index in [0.717, 1.165) is 11.1 Å². The highest BCUT2D eigenvalue weighted by Crippen LogP contribution is 2.28. The zero-order valence-electron chi connectivity index (χ0n) is 14.1. The van der Waals surface area contributed by atoms with Gasteiger partial charge in [0.25, 0.3) is 5.91 Å². The Morgan fingerprint density at radius 2 is 1.83 bits per heavy atom. The average molecular weight is 324 g/mol. The number of carbonyl (C=O) groups excluding carboxylic acids is 1. The topological polar surface area (TPSA) is 55.6 Å². The molecule has 3 rings (SSSR count). The van der Waals surface area contributed by atoms with Crippen LogP contribution in [-0.2, 0) is 4.79 Å². The summed E-state index contributed by atoms with van der Waals surface area (Å²) in [5, 5.41) is 0. The van der Waals surface area contributed by atoms with Crippen LogP contribution in [0.2, 0.25) is 0 Å². The van der Waals surface area contributed by atoms with E-state index in [-0.39, 0.29) is 6.61 Å². The van der Waals surface area contributed by atoms with Gasteiger partial charge in [0, 0.05) is 6.04 Å². The summed E-state index contributed by atoms with van der Waals surface area (Å²) in [5.74, 6) is 0.182. The molecule has 1 saturated heterocycles. The van der Waals surface area contributed by atoms with Crippen LogP contribution in [0.3, 0.4) is 0 Å². The number of rotatable bonds is 6. The number of likely N-dealkylation sites (tertiary alicyclic amines) is 1. The summed E-state index contributed by atoms with van der Waals surface area (Å²) >= 11 is 0. The summed E-state index contributed by atoms with van der Waals surface area (Å²) in [4.78, 5) is 13.4. The van der Waals surface area contributed by atoms with Gasteiger partial charge in [-0.1, -0.05) is 36.4 Å². The molecule has 2 aromatic rings. The summed E-state index contributed by atoms with van der Waals surface area (Å²) in [6.07, 6.45) is 2.61. The fraction of sp³-hybridized carbons (Fsp3) is 0.350. The molecule has 4 nitrogen and oxygen atoms in total. The first-order valence-electron chi connectivity index (χ1n) is 8.49. The Labute approximate surface area is 143 Å². The highest BCUT2D eigenvalue weighted by Gasteiger charge is 2.19. The smallest absolute Gasteiger partial charge is 0.255 e. The number of carbonyl (C=O) groups is 1. The van der Waals surface area contributed by atoms with Crippen molar-refractivity contribution in [2.75, 3.05) is 19.7 Å². The van der Waals surface area contributed by atoms with Gasteiger partial charge in [0.15, 0.2) is 6.61 Å². The van der Waals surface area contributed by atoms with Gasteiger partial charge in [0.05, 0.1) is 0 Å².